The second-order valence-corrected chi connectivity index (χ2v) is 9.75. The highest BCUT2D eigenvalue weighted by Crippen LogP contribution is 2.59. The van der Waals surface area contributed by atoms with Gasteiger partial charge < -0.3 is 22.1 Å². The molecule has 0 unspecified atom stereocenters. The number of rotatable bonds is 0. The zero-order valence-corrected chi connectivity index (χ0v) is 17.8. The van der Waals surface area contributed by atoms with Crippen LogP contribution in [0.5, 0.6) is 0 Å². The van der Waals surface area contributed by atoms with Crippen LogP contribution in [0.3, 0.4) is 0 Å². The predicted molar refractivity (Wildman–Crippen MR) is 136 cm³/mol. The van der Waals surface area contributed by atoms with E-state index in [4.69, 9.17) is 22.1 Å². The molecule has 0 fully saturated rings. The molecule has 35 heavy (non-hydrogen) atoms. The maximum Gasteiger partial charge on any atom is 0.0988 e. The molecule has 0 bridgehead atoms. The van der Waals surface area contributed by atoms with Crippen LogP contribution in [0.15, 0.2) is 84.7 Å². The first-order valence-electron chi connectivity index (χ1n) is 11.5. The van der Waals surface area contributed by atoms with E-state index in [0.29, 0.717) is 0 Å². The Kier molecular flexibility index (Phi) is 2.12. The molecule has 5 heteroatoms. The summed E-state index contributed by atoms with van der Waals surface area (Å²) >= 11 is 0. The summed E-state index contributed by atoms with van der Waals surface area (Å²) in [6.45, 7) is 0. The second-order valence-electron chi connectivity index (χ2n) is 9.75. The average Bonchev–Trinajstić information content (AvgIpc) is 3.72. The molecular formula is C30H10O5. The number of benzene rings is 5. The van der Waals surface area contributed by atoms with Gasteiger partial charge in [-0.25, -0.2) is 0 Å². The quantitative estimate of drug-likeness (QED) is 0.215. The Morgan fingerprint density at radius 3 is 0.486 bits per heavy atom. The summed E-state index contributed by atoms with van der Waals surface area (Å²) in [4.78, 5) is 0. The Balaban J connectivity index is 1.77. The van der Waals surface area contributed by atoms with Gasteiger partial charge >= 0.3 is 0 Å². The van der Waals surface area contributed by atoms with E-state index < -0.39 is 0 Å². The van der Waals surface area contributed by atoms with Crippen molar-refractivity contribution >= 4 is 108 Å². The van der Waals surface area contributed by atoms with Crippen LogP contribution in [0.2, 0.25) is 0 Å². The maximum absolute atomic E-state index is 5.84. The first-order chi connectivity index (χ1) is 17.4. The minimum absolute atomic E-state index is 1.09. The smallest absolute Gasteiger partial charge is 0.0988 e. The molecular weight excluding hydrogens is 440 g/mol. The fraction of sp³-hybridized carbons (Fsp3) is 0. The number of fused-ring (bicyclic) bond motifs is 15. The summed E-state index contributed by atoms with van der Waals surface area (Å²) < 4.78 is 29.2. The van der Waals surface area contributed by atoms with Crippen molar-refractivity contribution in [3.63, 3.8) is 0 Å². The molecule has 5 aromatic heterocycles. The van der Waals surface area contributed by atoms with Crippen molar-refractivity contribution < 1.29 is 22.1 Å². The van der Waals surface area contributed by atoms with E-state index in [9.17, 15) is 0 Å². The fourth-order valence-electron chi connectivity index (χ4n) is 7.37. The van der Waals surface area contributed by atoms with Crippen LogP contribution in [0.4, 0.5) is 0 Å². The Bertz CT molecular complexity index is 2070. The molecule has 0 aliphatic rings. The first-order valence-corrected chi connectivity index (χ1v) is 11.5. The molecule has 0 spiro atoms. The molecule has 0 N–H and O–H groups in total. The first kappa shape index (κ1) is 15.9. The molecule has 0 saturated heterocycles. The molecule has 11 rings (SSSR count). The molecule has 0 aliphatic heterocycles. The molecule has 0 radical (unpaired) electrons. The largest absolute Gasteiger partial charge is 0.471 e. The van der Waals surface area contributed by atoms with E-state index in [1.165, 1.54) is 53.9 Å². The Morgan fingerprint density at radius 1 is 0.200 bits per heavy atom. The molecule has 160 valence electrons. The third kappa shape index (κ3) is 1.37. The van der Waals surface area contributed by atoms with E-state index in [1.54, 1.807) is 0 Å². The highest BCUT2D eigenvalue weighted by Gasteiger charge is 2.31. The van der Waals surface area contributed by atoms with Gasteiger partial charge in [-0.15, -0.1) is 0 Å². The van der Waals surface area contributed by atoms with Crippen molar-refractivity contribution in [2.45, 2.75) is 0 Å². The van der Waals surface area contributed by atoms with Crippen LogP contribution in [-0.4, -0.2) is 0 Å². The summed E-state index contributed by atoms with van der Waals surface area (Å²) in [6, 6.07) is 0. The summed E-state index contributed by atoms with van der Waals surface area (Å²) in [5, 5.41) is 23.0. The van der Waals surface area contributed by atoms with E-state index in [1.807, 2.05) is 62.6 Å². The van der Waals surface area contributed by atoms with Crippen molar-refractivity contribution in [3.8, 4) is 0 Å². The van der Waals surface area contributed by atoms with E-state index in [2.05, 4.69) is 0 Å². The maximum atomic E-state index is 5.84. The zero-order chi connectivity index (χ0) is 22.2. The van der Waals surface area contributed by atoms with Gasteiger partial charge in [0.1, 0.15) is 0 Å². The Labute approximate surface area is 192 Å². The predicted octanol–water partition coefficient (Wildman–Crippen LogP) is 9.50. The Morgan fingerprint density at radius 2 is 0.343 bits per heavy atom. The number of hydrogen-bond donors (Lipinski definition) is 0. The van der Waals surface area contributed by atoms with Crippen molar-refractivity contribution in [2.24, 2.45) is 0 Å². The molecule has 6 aromatic carbocycles. The molecule has 5 heterocycles. The lowest BCUT2D eigenvalue weighted by atomic mass is 9.90. The van der Waals surface area contributed by atoms with Crippen molar-refractivity contribution in [2.75, 3.05) is 0 Å². The van der Waals surface area contributed by atoms with Gasteiger partial charge in [0.2, 0.25) is 0 Å². The lowest BCUT2D eigenvalue weighted by Gasteiger charge is -2.10. The van der Waals surface area contributed by atoms with Gasteiger partial charge in [0.25, 0.3) is 0 Å². The summed E-state index contributed by atoms with van der Waals surface area (Å²) in [5.41, 5.74) is 0. The molecule has 0 atom stereocenters. The van der Waals surface area contributed by atoms with Crippen molar-refractivity contribution in [3.05, 3.63) is 62.6 Å². The van der Waals surface area contributed by atoms with E-state index >= 15 is 0 Å². The van der Waals surface area contributed by atoms with Crippen molar-refractivity contribution in [1.29, 1.82) is 0 Å². The topological polar surface area (TPSA) is 65.7 Å². The SMILES string of the molecule is c1occ2c1c1c3cocc3c3c4cocc4c4c5cocc5c5c6cocc6c2c2c1c3c4c52. The Hall–Kier alpha value is -4.90. The van der Waals surface area contributed by atoms with Gasteiger partial charge in [0.15, 0.2) is 0 Å². The highest BCUT2D eigenvalue weighted by molar-refractivity contribution is 6.60. The lowest BCUT2D eigenvalue weighted by Crippen LogP contribution is -1.83. The normalized spacial score (nSPS) is 13.7. The fourth-order valence-corrected chi connectivity index (χ4v) is 7.37. The van der Waals surface area contributed by atoms with Crippen LogP contribution in [0.25, 0.3) is 108 Å². The second kappa shape index (κ2) is 4.68. The number of hydrogen-bond acceptors (Lipinski definition) is 5. The minimum Gasteiger partial charge on any atom is -0.471 e. The third-order valence-corrected chi connectivity index (χ3v) is 8.50. The molecule has 0 aliphatic carbocycles. The minimum atomic E-state index is 1.09. The van der Waals surface area contributed by atoms with Gasteiger partial charge in [0, 0.05) is 108 Å². The van der Waals surface area contributed by atoms with Crippen molar-refractivity contribution in [1.82, 2.24) is 0 Å². The van der Waals surface area contributed by atoms with E-state index in [-0.39, 0.29) is 0 Å². The lowest BCUT2D eigenvalue weighted by molar-refractivity contribution is 0.572. The molecule has 11 aromatic rings. The van der Waals surface area contributed by atoms with Crippen LogP contribution < -0.4 is 0 Å². The molecule has 0 amide bonds. The van der Waals surface area contributed by atoms with Crippen LogP contribution in [-0.2, 0) is 0 Å². The van der Waals surface area contributed by atoms with Gasteiger partial charge in [-0.2, -0.15) is 0 Å². The van der Waals surface area contributed by atoms with Crippen LogP contribution in [0.1, 0.15) is 0 Å². The summed E-state index contributed by atoms with van der Waals surface area (Å²) in [5.74, 6) is 0. The van der Waals surface area contributed by atoms with Crippen LogP contribution >= 0.6 is 0 Å². The van der Waals surface area contributed by atoms with E-state index in [0.717, 1.165) is 53.9 Å². The average molecular weight is 450 g/mol. The van der Waals surface area contributed by atoms with Gasteiger partial charge in [-0.1, -0.05) is 0 Å². The standard InChI is InChI=1S/C30H10O5/c1-11-12(2-31-1)22-15-5-33-6-16(15)24-19-9-35-10-20(19)25-18-8-34-7-17(18)23-14-4-32-3-13(14)21(11)26-27(22)29(24)30(25)28(23)26/h1-10H. The number of furan rings is 5. The highest BCUT2D eigenvalue weighted by atomic mass is 16.3. The van der Waals surface area contributed by atoms with Gasteiger partial charge in [-0.3, -0.25) is 0 Å². The molecule has 0 saturated carbocycles. The zero-order valence-electron chi connectivity index (χ0n) is 17.8. The summed E-state index contributed by atoms with van der Waals surface area (Å²) in [6.07, 6.45) is 18.7. The summed E-state index contributed by atoms with van der Waals surface area (Å²) in [7, 11) is 0. The van der Waals surface area contributed by atoms with Crippen LogP contribution in [0, 0.1) is 0 Å². The van der Waals surface area contributed by atoms with Gasteiger partial charge in [0.05, 0.1) is 62.6 Å². The monoisotopic (exact) mass is 450 g/mol. The van der Waals surface area contributed by atoms with Gasteiger partial charge in [-0.05, 0) is 0 Å². The third-order valence-electron chi connectivity index (χ3n) is 8.50. The molecule has 5 nitrogen and oxygen atoms in total.